The average Bonchev–Trinajstić information content (AvgIpc) is 2.63. The molecule has 2 aromatic rings. The number of nitrogens with zero attached hydrogens (tertiary/aromatic N) is 2. The highest BCUT2D eigenvalue weighted by molar-refractivity contribution is 7.15. The Balaban J connectivity index is 2.02. The molecule has 0 saturated carbocycles. The number of nitrogens with two attached hydrogens (primary N) is 1. The summed E-state index contributed by atoms with van der Waals surface area (Å²) in [5.74, 6) is 0.642. The first-order chi connectivity index (χ1) is 7.25. The van der Waals surface area contributed by atoms with Crippen molar-refractivity contribution in [1.29, 1.82) is 0 Å². The zero-order valence-electron chi connectivity index (χ0n) is 7.68. The number of ether oxygens (including phenoxy) is 1. The summed E-state index contributed by atoms with van der Waals surface area (Å²) >= 11 is 6.93. The van der Waals surface area contributed by atoms with E-state index in [4.69, 9.17) is 22.1 Å². The molecule has 2 rings (SSSR count). The number of para-hydroxylation sites is 2. The summed E-state index contributed by atoms with van der Waals surface area (Å²) in [5, 5.41) is 8.23. The van der Waals surface area contributed by atoms with Crippen LogP contribution in [-0.2, 0) is 6.61 Å². The van der Waals surface area contributed by atoms with Crippen molar-refractivity contribution in [3.8, 4) is 5.75 Å². The zero-order chi connectivity index (χ0) is 10.7. The van der Waals surface area contributed by atoms with Crippen LogP contribution in [0.3, 0.4) is 0 Å². The molecule has 0 aliphatic carbocycles. The van der Waals surface area contributed by atoms with Gasteiger partial charge in [0.25, 0.3) is 0 Å². The molecule has 0 unspecified atom stereocenters. The molecule has 0 fully saturated rings. The average molecular weight is 242 g/mol. The Morgan fingerprint density at radius 2 is 2.13 bits per heavy atom. The van der Waals surface area contributed by atoms with Crippen molar-refractivity contribution >= 4 is 28.6 Å². The maximum atomic E-state index is 5.71. The van der Waals surface area contributed by atoms with Crippen LogP contribution in [0, 0.1) is 0 Å². The summed E-state index contributed by atoms with van der Waals surface area (Å²) in [4.78, 5) is 0. The van der Waals surface area contributed by atoms with Crippen molar-refractivity contribution in [1.82, 2.24) is 10.2 Å². The second-order valence-corrected chi connectivity index (χ2v) is 4.42. The summed E-state index contributed by atoms with van der Waals surface area (Å²) in [5.41, 5.74) is 6.31. The molecule has 1 aromatic heterocycles. The minimum atomic E-state index is 0.332. The first-order valence-corrected chi connectivity index (χ1v) is 5.40. The largest absolute Gasteiger partial charge is 0.484 e. The van der Waals surface area contributed by atoms with E-state index in [9.17, 15) is 0 Å². The van der Waals surface area contributed by atoms with Gasteiger partial charge in [0.2, 0.25) is 4.47 Å². The van der Waals surface area contributed by atoms with Gasteiger partial charge in [-0.2, -0.15) is 0 Å². The van der Waals surface area contributed by atoms with Crippen LogP contribution in [0.5, 0.6) is 5.75 Å². The number of hydrogen-bond acceptors (Lipinski definition) is 5. The molecular formula is C9H8ClN3OS. The fourth-order valence-electron chi connectivity index (χ4n) is 1.04. The smallest absolute Gasteiger partial charge is 0.207 e. The lowest BCUT2D eigenvalue weighted by Gasteiger charge is -2.05. The van der Waals surface area contributed by atoms with Gasteiger partial charge in [0.15, 0.2) is 5.01 Å². The third kappa shape index (κ3) is 2.57. The maximum absolute atomic E-state index is 5.71. The quantitative estimate of drug-likeness (QED) is 0.838. The Bertz CT molecular complexity index is 460. The van der Waals surface area contributed by atoms with E-state index in [1.165, 1.54) is 11.3 Å². The molecule has 0 aliphatic heterocycles. The molecule has 0 spiro atoms. The van der Waals surface area contributed by atoms with Crippen LogP contribution in [0.4, 0.5) is 5.69 Å². The Labute approximate surface area is 95.7 Å². The van der Waals surface area contributed by atoms with E-state index in [-0.39, 0.29) is 0 Å². The van der Waals surface area contributed by atoms with Crippen LogP contribution < -0.4 is 10.5 Å². The summed E-state index contributed by atoms with van der Waals surface area (Å²) in [6.45, 7) is 0.332. The van der Waals surface area contributed by atoms with Crippen molar-refractivity contribution in [3.05, 3.63) is 33.7 Å². The van der Waals surface area contributed by atoms with Crippen LogP contribution in [0.25, 0.3) is 0 Å². The van der Waals surface area contributed by atoms with Crippen molar-refractivity contribution in [2.75, 3.05) is 5.73 Å². The molecule has 0 atom stereocenters. The SMILES string of the molecule is Nc1ccccc1OCc1nnc(Cl)s1. The van der Waals surface area contributed by atoms with E-state index < -0.39 is 0 Å². The number of benzene rings is 1. The van der Waals surface area contributed by atoms with Gasteiger partial charge < -0.3 is 10.5 Å². The van der Waals surface area contributed by atoms with E-state index in [1.807, 2.05) is 12.1 Å². The molecule has 15 heavy (non-hydrogen) atoms. The molecule has 2 N–H and O–H groups in total. The van der Waals surface area contributed by atoms with Crippen molar-refractivity contribution in [2.45, 2.75) is 6.61 Å². The fourth-order valence-corrected chi connectivity index (χ4v) is 1.82. The van der Waals surface area contributed by atoms with Gasteiger partial charge in [-0.3, -0.25) is 0 Å². The summed E-state index contributed by atoms with van der Waals surface area (Å²) in [6.07, 6.45) is 0. The molecule has 1 heterocycles. The lowest BCUT2D eigenvalue weighted by Crippen LogP contribution is -1.98. The summed E-state index contributed by atoms with van der Waals surface area (Å²) < 4.78 is 5.87. The van der Waals surface area contributed by atoms with Crippen LogP contribution in [0.2, 0.25) is 4.47 Å². The highest BCUT2D eigenvalue weighted by atomic mass is 35.5. The lowest BCUT2D eigenvalue weighted by molar-refractivity contribution is 0.306. The number of halogens is 1. The predicted molar refractivity (Wildman–Crippen MR) is 60.1 cm³/mol. The van der Waals surface area contributed by atoms with E-state index in [1.54, 1.807) is 12.1 Å². The minimum Gasteiger partial charge on any atom is -0.484 e. The first kappa shape index (κ1) is 10.2. The molecule has 4 nitrogen and oxygen atoms in total. The van der Waals surface area contributed by atoms with Crippen molar-refractivity contribution in [3.63, 3.8) is 0 Å². The Kier molecular flexibility index (Phi) is 3.03. The van der Waals surface area contributed by atoms with Crippen LogP contribution in [0.1, 0.15) is 5.01 Å². The van der Waals surface area contributed by atoms with Crippen LogP contribution in [-0.4, -0.2) is 10.2 Å². The van der Waals surface area contributed by atoms with E-state index in [0.717, 1.165) is 5.01 Å². The van der Waals surface area contributed by atoms with Crippen LogP contribution in [0.15, 0.2) is 24.3 Å². The first-order valence-electron chi connectivity index (χ1n) is 4.21. The minimum absolute atomic E-state index is 0.332. The van der Waals surface area contributed by atoms with E-state index >= 15 is 0 Å². The predicted octanol–water partition coefficient (Wildman–Crippen LogP) is 2.35. The van der Waals surface area contributed by atoms with E-state index in [2.05, 4.69) is 10.2 Å². The Hall–Kier alpha value is -1.33. The fraction of sp³-hybridized carbons (Fsp3) is 0.111. The van der Waals surface area contributed by atoms with Gasteiger partial charge in [0, 0.05) is 0 Å². The Morgan fingerprint density at radius 3 is 2.80 bits per heavy atom. The van der Waals surface area contributed by atoms with Gasteiger partial charge >= 0.3 is 0 Å². The lowest BCUT2D eigenvalue weighted by atomic mass is 10.3. The van der Waals surface area contributed by atoms with Gasteiger partial charge in [-0.25, -0.2) is 0 Å². The third-order valence-electron chi connectivity index (χ3n) is 1.71. The topological polar surface area (TPSA) is 61.0 Å². The van der Waals surface area contributed by atoms with Crippen molar-refractivity contribution < 1.29 is 4.74 Å². The van der Waals surface area contributed by atoms with Gasteiger partial charge in [0.1, 0.15) is 12.4 Å². The second-order valence-electron chi connectivity index (χ2n) is 2.78. The molecule has 0 saturated heterocycles. The molecule has 78 valence electrons. The molecule has 1 aromatic carbocycles. The maximum Gasteiger partial charge on any atom is 0.207 e. The summed E-state index contributed by atoms with van der Waals surface area (Å²) in [6, 6.07) is 7.29. The highest BCUT2D eigenvalue weighted by Crippen LogP contribution is 2.22. The second kappa shape index (κ2) is 4.46. The van der Waals surface area contributed by atoms with Crippen molar-refractivity contribution in [2.24, 2.45) is 0 Å². The van der Waals surface area contributed by atoms with E-state index in [0.29, 0.717) is 22.5 Å². The third-order valence-corrected chi connectivity index (χ3v) is 2.70. The zero-order valence-corrected chi connectivity index (χ0v) is 9.26. The molecule has 0 bridgehead atoms. The standard InChI is InChI=1S/C9H8ClN3OS/c10-9-13-12-8(15-9)5-14-7-4-2-1-3-6(7)11/h1-4H,5,11H2. The van der Waals surface area contributed by atoms with Gasteiger partial charge in [-0.15, -0.1) is 10.2 Å². The molecule has 6 heteroatoms. The van der Waals surface area contributed by atoms with Gasteiger partial charge in [0.05, 0.1) is 5.69 Å². The number of aromatic nitrogens is 2. The number of rotatable bonds is 3. The summed E-state index contributed by atoms with van der Waals surface area (Å²) in [7, 11) is 0. The van der Waals surface area contributed by atoms with Gasteiger partial charge in [-0.05, 0) is 23.7 Å². The monoisotopic (exact) mass is 241 g/mol. The molecule has 0 amide bonds. The van der Waals surface area contributed by atoms with Gasteiger partial charge in [-0.1, -0.05) is 23.5 Å². The molecular weight excluding hydrogens is 234 g/mol. The molecule has 0 radical (unpaired) electrons. The molecule has 0 aliphatic rings. The number of nitrogen functional groups attached to an aromatic ring is 1. The highest BCUT2D eigenvalue weighted by Gasteiger charge is 2.04. The number of anilines is 1. The number of hydrogen-bond donors (Lipinski definition) is 1. The Morgan fingerprint density at radius 1 is 1.33 bits per heavy atom. The van der Waals surface area contributed by atoms with Crippen LogP contribution >= 0.6 is 22.9 Å². The normalized spacial score (nSPS) is 10.2.